The van der Waals surface area contributed by atoms with Crippen LogP contribution in [0.15, 0.2) is 36.4 Å². The maximum atomic E-state index is 12.5. The lowest BCUT2D eigenvalue weighted by Crippen LogP contribution is -2.29. The van der Waals surface area contributed by atoms with Crippen LogP contribution < -0.4 is 4.74 Å². The van der Waals surface area contributed by atoms with Gasteiger partial charge in [-0.2, -0.15) is 0 Å². The number of carbonyl (C=O) groups excluding carboxylic acids is 1. The highest BCUT2D eigenvalue weighted by atomic mass is 35.5. The van der Waals surface area contributed by atoms with Crippen LogP contribution in [-0.2, 0) is 20.7 Å². The average molecular weight is 446 g/mol. The lowest BCUT2D eigenvalue weighted by Gasteiger charge is -2.17. The van der Waals surface area contributed by atoms with Gasteiger partial charge in [0.2, 0.25) is 0 Å². The molecule has 1 N–H and O–H groups in total. The van der Waals surface area contributed by atoms with Crippen molar-refractivity contribution >= 4 is 46.7 Å². The van der Waals surface area contributed by atoms with Crippen molar-refractivity contribution in [2.75, 3.05) is 7.11 Å². The third-order valence-corrected chi connectivity index (χ3v) is 4.99. The number of carboxylic acids is 1. The minimum absolute atomic E-state index is 0.0103. The molecule has 0 aromatic heterocycles. The minimum atomic E-state index is -1.14. The standard InChI is InChI=1S/C20H19Cl3O5/c1-11(7-18(27-2)19(24)25)20(26)28-17-10-15(22)6-4-13(17)8-12-3-5-14(21)9-16(12)23/h3-6,9-11,18H,7-8H2,1-2H3,(H,24,25). The Morgan fingerprint density at radius 2 is 1.64 bits per heavy atom. The molecule has 0 saturated heterocycles. The summed E-state index contributed by atoms with van der Waals surface area (Å²) >= 11 is 18.2. The van der Waals surface area contributed by atoms with E-state index in [0.717, 1.165) is 5.56 Å². The Bertz CT molecular complexity index is 869. The number of aliphatic carboxylic acids is 1. The molecule has 2 aromatic rings. The van der Waals surface area contributed by atoms with Gasteiger partial charge in [0.1, 0.15) is 5.75 Å². The third kappa shape index (κ3) is 6.11. The summed E-state index contributed by atoms with van der Waals surface area (Å²) in [4.78, 5) is 23.5. The van der Waals surface area contributed by atoms with Crippen LogP contribution in [0.4, 0.5) is 0 Å². The van der Waals surface area contributed by atoms with Gasteiger partial charge in [0.25, 0.3) is 0 Å². The maximum Gasteiger partial charge on any atom is 0.332 e. The van der Waals surface area contributed by atoms with Gasteiger partial charge < -0.3 is 14.6 Å². The highest BCUT2D eigenvalue weighted by Crippen LogP contribution is 2.30. The Labute approximate surface area is 178 Å². The summed E-state index contributed by atoms with van der Waals surface area (Å²) < 4.78 is 10.4. The molecule has 0 fully saturated rings. The van der Waals surface area contributed by atoms with Gasteiger partial charge in [0.15, 0.2) is 6.10 Å². The molecule has 0 saturated carbocycles. The van der Waals surface area contributed by atoms with Crippen LogP contribution in [0.5, 0.6) is 5.75 Å². The number of carbonyl (C=O) groups is 2. The van der Waals surface area contributed by atoms with E-state index in [9.17, 15) is 9.59 Å². The van der Waals surface area contributed by atoms with Crippen molar-refractivity contribution < 1.29 is 24.2 Å². The molecular weight excluding hydrogens is 427 g/mol. The molecule has 0 spiro atoms. The zero-order valence-electron chi connectivity index (χ0n) is 15.2. The molecule has 0 radical (unpaired) electrons. The molecular formula is C20H19Cl3O5. The lowest BCUT2D eigenvalue weighted by atomic mass is 10.0. The van der Waals surface area contributed by atoms with Crippen LogP contribution >= 0.6 is 34.8 Å². The number of carboxylic acid groups (broad SMARTS) is 1. The number of esters is 1. The van der Waals surface area contributed by atoms with E-state index in [-0.39, 0.29) is 6.42 Å². The highest BCUT2D eigenvalue weighted by molar-refractivity contribution is 6.35. The fourth-order valence-corrected chi connectivity index (χ4v) is 3.20. The zero-order valence-corrected chi connectivity index (χ0v) is 17.5. The van der Waals surface area contributed by atoms with Crippen molar-refractivity contribution in [3.05, 3.63) is 62.6 Å². The van der Waals surface area contributed by atoms with Crippen LogP contribution in [0.3, 0.4) is 0 Å². The SMILES string of the molecule is COC(CC(C)C(=O)Oc1cc(Cl)ccc1Cc1ccc(Cl)cc1Cl)C(=O)O. The van der Waals surface area contributed by atoms with E-state index in [2.05, 4.69) is 0 Å². The Kier molecular flexibility index (Phi) is 8.13. The smallest absolute Gasteiger partial charge is 0.332 e. The second kappa shape index (κ2) is 10.1. The van der Waals surface area contributed by atoms with E-state index >= 15 is 0 Å². The number of benzene rings is 2. The van der Waals surface area contributed by atoms with Crippen molar-refractivity contribution in [2.24, 2.45) is 5.92 Å². The molecule has 0 amide bonds. The van der Waals surface area contributed by atoms with E-state index in [0.29, 0.717) is 32.8 Å². The van der Waals surface area contributed by atoms with Gasteiger partial charge in [-0.15, -0.1) is 0 Å². The number of methoxy groups -OCH3 is 1. The minimum Gasteiger partial charge on any atom is -0.479 e. The Morgan fingerprint density at radius 1 is 1.04 bits per heavy atom. The summed E-state index contributed by atoms with van der Waals surface area (Å²) in [7, 11) is 1.28. The summed E-state index contributed by atoms with van der Waals surface area (Å²) in [5.74, 6) is -2.11. The molecule has 2 rings (SSSR count). The highest BCUT2D eigenvalue weighted by Gasteiger charge is 2.26. The van der Waals surface area contributed by atoms with E-state index in [4.69, 9.17) is 49.4 Å². The molecule has 0 aliphatic carbocycles. The molecule has 2 unspecified atom stereocenters. The molecule has 0 bridgehead atoms. The molecule has 0 aliphatic rings. The van der Waals surface area contributed by atoms with Crippen LogP contribution in [0.1, 0.15) is 24.5 Å². The quantitative estimate of drug-likeness (QED) is 0.443. The first-order valence-electron chi connectivity index (χ1n) is 8.41. The van der Waals surface area contributed by atoms with Crippen LogP contribution in [0, 0.1) is 5.92 Å². The summed E-state index contributed by atoms with van der Waals surface area (Å²) in [6.45, 7) is 1.58. The van der Waals surface area contributed by atoms with E-state index < -0.39 is 24.0 Å². The van der Waals surface area contributed by atoms with Gasteiger partial charge >= 0.3 is 11.9 Å². The van der Waals surface area contributed by atoms with Gasteiger partial charge in [-0.25, -0.2) is 4.79 Å². The number of halogens is 3. The molecule has 2 aromatic carbocycles. The first-order chi connectivity index (χ1) is 13.2. The fraction of sp³-hybridized carbons (Fsp3) is 0.300. The summed E-state index contributed by atoms with van der Waals surface area (Å²) in [6.07, 6.45) is -0.696. The number of rotatable bonds is 8. The molecule has 2 atom stereocenters. The molecule has 8 heteroatoms. The first-order valence-corrected chi connectivity index (χ1v) is 9.54. The monoisotopic (exact) mass is 444 g/mol. The predicted octanol–water partition coefficient (Wildman–Crippen LogP) is 5.27. The maximum absolute atomic E-state index is 12.5. The van der Waals surface area contributed by atoms with Gasteiger partial charge in [0, 0.05) is 28.6 Å². The second-order valence-corrected chi connectivity index (χ2v) is 7.57. The third-order valence-electron chi connectivity index (χ3n) is 4.17. The van der Waals surface area contributed by atoms with Crippen molar-refractivity contribution in [1.82, 2.24) is 0 Å². The first kappa shape index (κ1) is 22.5. The van der Waals surface area contributed by atoms with Crippen molar-refractivity contribution in [3.8, 4) is 5.75 Å². The predicted molar refractivity (Wildman–Crippen MR) is 109 cm³/mol. The molecule has 28 heavy (non-hydrogen) atoms. The lowest BCUT2D eigenvalue weighted by molar-refractivity contribution is -0.151. The normalized spacial score (nSPS) is 13.0. The Balaban J connectivity index is 2.19. The van der Waals surface area contributed by atoms with Crippen LogP contribution in [-0.4, -0.2) is 30.3 Å². The van der Waals surface area contributed by atoms with Crippen molar-refractivity contribution in [1.29, 1.82) is 0 Å². The van der Waals surface area contributed by atoms with Crippen molar-refractivity contribution in [2.45, 2.75) is 25.9 Å². The molecule has 0 heterocycles. The van der Waals surface area contributed by atoms with Gasteiger partial charge in [-0.3, -0.25) is 4.79 Å². The largest absolute Gasteiger partial charge is 0.479 e. The summed E-state index contributed by atoms with van der Waals surface area (Å²) in [5, 5.41) is 10.5. The van der Waals surface area contributed by atoms with Crippen LogP contribution in [0.25, 0.3) is 0 Å². The molecule has 0 aliphatic heterocycles. The zero-order chi connectivity index (χ0) is 20.8. The topological polar surface area (TPSA) is 72.8 Å². The van der Waals surface area contributed by atoms with Crippen LogP contribution in [0.2, 0.25) is 15.1 Å². The molecule has 150 valence electrons. The average Bonchev–Trinajstić information content (AvgIpc) is 2.63. The van der Waals surface area contributed by atoms with E-state index in [1.54, 1.807) is 37.3 Å². The van der Waals surface area contributed by atoms with Gasteiger partial charge in [-0.1, -0.05) is 53.9 Å². The number of ether oxygens (including phenoxy) is 2. The fourth-order valence-electron chi connectivity index (χ4n) is 2.56. The summed E-state index contributed by atoms with van der Waals surface area (Å²) in [5.41, 5.74) is 1.51. The molecule has 5 nitrogen and oxygen atoms in total. The van der Waals surface area contributed by atoms with Crippen molar-refractivity contribution in [3.63, 3.8) is 0 Å². The summed E-state index contributed by atoms with van der Waals surface area (Å²) in [6, 6.07) is 10.1. The Morgan fingerprint density at radius 3 is 2.21 bits per heavy atom. The Hall–Kier alpha value is -1.79. The van der Waals surface area contributed by atoms with Gasteiger partial charge in [-0.05, 0) is 41.8 Å². The van der Waals surface area contributed by atoms with E-state index in [1.165, 1.54) is 13.2 Å². The van der Waals surface area contributed by atoms with Gasteiger partial charge in [0.05, 0.1) is 5.92 Å². The second-order valence-electron chi connectivity index (χ2n) is 6.28. The van der Waals surface area contributed by atoms with E-state index in [1.807, 2.05) is 0 Å². The number of hydrogen-bond donors (Lipinski definition) is 1. The number of hydrogen-bond acceptors (Lipinski definition) is 4.